The number of benzene rings is 2. The molecule has 1 aromatic heterocycles. The number of halogens is 1. The summed E-state index contributed by atoms with van der Waals surface area (Å²) in [5.74, 6) is 0.569. The first kappa shape index (κ1) is 12.6. The zero-order valence-electron chi connectivity index (χ0n) is 11.6. The number of fused-ring (bicyclic) bond motifs is 2. The summed E-state index contributed by atoms with van der Waals surface area (Å²) in [5.41, 5.74) is 9.37. The first-order valence-corrected chi connectivity index (χ1v) is 7.25. The number of hydrogen-bond acceptors (Lipinski definition) is 2. The van der Waals surface area contributed by atoms with Crippen LogP contribution in [-0.4, -0.2) is 0 Å². The van der Waals surface area contributed by atoms with Gasteiger partial charge in [-0.2, -0.15) is 0 Å². The fraction of sp³-hybridized carbons (Fsp3) is 0.222. The van der Waals surface area contributed by atoms with Gasteiger partial charge in [-0.15, -0.1) is 0 Å². The minimum atomic E-state index is -0.335. The van der Waals surface area contributed by atoms with Crippen molar-refractivity contribution in [1.82, 2.24) is 0 Å². The average molecular weight is 281 g/mol. The lowest BCUT2D eigenvalue weighted by Crippen LogP contribution is -2.17. The maximum atomic E-state index is 13.7. The van der Waals surface area contributed by atoms with Crippen molar-refractivity contribution >= 4 is 11.0 Å². The lowest BCUT2D eigenvalue weighted by Gasteiger charge is -2.18. The Morgan fingerprint density at radius 1 is 1.14 bits per heavy atom. The van der Waals surface area contributed by atoms with Gasteiger partial charge in [0.15, 0.2) is 11.4 Å². The van der Waals surface area contributed by atoms with E-state index >= 15 is 0 Å². The molecular formula is C18H16FNO. The number of rotatable bonds is 2. The second kappa shape index (κ2) is 4.71. The average Bonchev–Trinajstić information content (AvgIpc) is 3.11. The highest BCUT2D eigenvalue weighted by Gasteiger charge is 2.30. The molecule has 2 N–H and O–H groups in total. The molecule has 2 aromatic carbocycles. The third kappa shape index (κ3) is 1.96. The first-order chi connectivity index (χ1) is 10.2. The van der Waals surface area contributed by atoms with E-state index in [4.69, 9.17) is 10.2 Å². The van der Waals surface area contributed by atoms with Crippen LogP contribution in [0.25, 0.3) is 11.0 Å². The van der Waals surface area contributed by atoms with Crippen LogP contribution in [0, 0.1) is 5.82 Å². The summed E-state index contributed by atoms with van der Waals surface area (Å²) in [6, 6.07) is 15.0. The molecule has 0 spiro atoms. The first-order valence-electron chi connectivity index (χ1n) is 7.25. The summed E-state index contributed by atoms with van der Waals surface area (Å²) in [6.07, 6.45) is 2.06. The number of hydrogen-bond donors (Lipinski definition) is 1. The van der Waals surface area contributed by atoms with Crippen molar-refractivity contribution in [1.29, 1.82) is 0 Å². The molecule has 2 nitrogen and oxygen atoms in total. The molecule has 21 heavy (non-hydrogen) atoms. The summed E-state index contributed by atoms with van der Waals surface area (Å²) in [7, 11) is 0. The predicted octanol–water partition coefficient (Wildman–Crippen LogP) is 4.30. The molecule has 0 aliphatic heterocycles. The number of aryl methyl sites for hydroxylation is 1. The van der Waals surface area contributed by atoms with Crippen LogP contribution < -0.4 is 5.73 Å². The van der Waals surface area contributed by atoms with Crippen LogP contribution in [0.3, 0.4) is 0 Å². The molecule has 3 aromatic rings. The summed E-state index contributed by atoms with van der Waals surface area (Å²) in [4.78, 5) is 0. The van der Waals surface area contributed by atoms with Gasteiger partial charge in [0.1, 0.15) is 5.76 Å². The number of furan rings is 1. The van der Waals surface area contributed by atoms with Gasteiger partial charge in [-0.3, -0.25) is 0 Å². The molecule has 2 unspecified atom stereocenters. The topological polar surface area (TPSA) is 39.2 Å². The van der Waals surface area contributed by atoms with E-state index in [9.17, 15) is 4.39 Å². The molecule has 3 heteroatoms. The lowest BCUT2D eigenvalue weighted by atomic mass is 9.92. The smallest absolute Gasteiger partial charge is 0.169 e. The molecular weight excluding hydrogens is 265 g/mol. The van der Waals surface area contributed by atoms with Gasteiger partial charge in [0, 0.05) is 11.3 Å². The van der Waals surface area contributed by atoms with Crippen LogP contribution in [-0.2, 0) is 6.42 Å². The predicted molar refractivity (Wildman–Crippen MR) is 80.6 cm³/mol. The van der Waals surface area contributed by atoms with Gasteiger partial charge in [-0.25, -0.2) is 4.39 Å². The monoisotopic (exact) mass is 281 g/mol. The summed E-state index contributed by atoms with van der Waals surface area (Å²) >= 11 is 0. The molecule has 1 aliphatic carbocycles. The van der Waals surface area contributed by atoms with Crippen LogP contribution in [0.2, 0.25) is 0 Å². The third-order valence-electron chi connectivity index (χ3n) is 4.46. The fourth-order valence-electron chi connectivity index (χ4n) is 3.37. The van der Waals surface area contributed by atoms with E-state index in [-0.39, 0.29) is 17.8 Å². The Kier molecular flexibility index (Phi) is 2.82. The van der Waals surface area contributed by atoms with E-state index < -0.39 is 0 Å². The van der Waals surface area contributed by atoms with Crippen molar-refractivity contribution in [2.75, 3.05) is 0 Å². The van der Waals surface area contributed by atoms with Gasteiger partial charge in [-0.05, 0) is 36.1 Å². The van der Waals surface area contributed by atoms with Crippen molar-refractivity contribution in [3.05, 3.63) is 71.2 Å². The Morgan fingerprint density at radius 3 is 2.86 bits per heavy atom. The minimum Gasteiger partial charge on any atom is -0.456 e. The molecule has 0 fully saturated rings. The van der Waals surface area contributed by atoms with Crippen LogP contribution >= 0.6 is 0 Å². The standard InChI is InChI=1S/C18H16FNO/c19-15-7-3-5-12-10-16(21-18(12)15)17(20)14-9-8-11-4-1-2-6-13(11)14/h1-7,10,14,17H,8-9,20H2. The van der Waals surface area contributed by atoms with Gasteiger partial charge in [-0.1, -0.05) is 36.4 Å². The van der Waals surface area contributed by atoms with E-state index in [0.717, 1.165) is 18.2 Å². The van der Waals surface area contributed by atoms with Gasteiger partial charge < -0.3 is 10.2 Å². The van der Waals surface area contributed by atoms with Crippen LogP contribution in [0.4, 0.5) is 4.39 Å². The molecule has 2 atom stereocenters. The van der Waals surface area contributed by atoms with Crippen LogP contribution in [0.15, 0.2) is 52.9 Å². The second-order valence-corrected chi connectivity index (χ2v) is 5.68. The van der Waals surface area contributed by atoms with Crippen LogP contribution in [0.1, 0.15) is 35.3 Å². The van der Waals surface area contributed by atoms with E-state index in [1.54, 1.807) is 6.07 Å². The highest BCUT2D eigenvalue weighted by molar-refractivity contribution is 5.78. The maximum Gasteiger partial charge on any atom is 0.169 e. The highest BCUT2D eigenvalue weighted by atomic mass is 19.1. The minimum absolute atomic E-state index is 0.236. The van der Waals surface area contributed by atoms with E-state index in [2.05, 4.69) is 18.2 Å². The second-order valence-electron chi connectivity index (χ2n) is 5.68. The molecule has 0 radical (unpaired) electrons. The van der Waals surface area contributed by atoms with Crippen molar-refractivity contribution in [3.63, 3.8) is 0 Å². The molecule has 1 heterocycles. The normalized spacial score (nSPS) is 18.9. The Balaban J connectivity index is 1.74. The zero-order chi connectivity index (χ0) is 14.4. The summed E-state index contributed by atoms with van der Waals surface area (Å²) < 4.78 is 19.4. The largest absolute Gasteiger partial charge is 0.456 e. The quantitative estimate of drug-likeness (QED) is 0.760. The molecule has 0 amide bonds. The van der Waals surface area contributed by atoms with Crippen molar-refractivity contribution in [3.8, 4) is 0 Å². The van der Waals surface area contributed by atoms with Crippen molar-refractivity contribution < 1.29 is 8.81 Å². The molecule has 0 saturated heterocycles. The Morgan fingerprint density at radius 2 is 2.00 bits per heavy atom. The maximum absolute atomic E-state index is 13.7. The van der Waals surface area contributed by atoms with Crippen molar-refractivity contribution in [2.24, 2.45) is 5.73 Å². The molecule has 4 rings (SSSR count). The van der Waals surface area contributed by atoms with Gasteiger partial charge >= 0.3 is 0 Å². The Bertz CT molecular complexity index is 808. The van der Waals surface area contributed by atoms with Crippen LogP contribution in [0.5, 0.6) is 0 Å². The fourth-order valence-corrected chi connectivity index (χ4v) is 3.37. The summed E-state index contributed by atoms with van der Waals surface area (Å²) in [5, 5.41) is 0.770. The van der Waals surface area contributed by atoms with Gasteiger partial charge in [0.25, 0.3) is 0 Å². The van der Waals surface area contributed by atoms with E-state index in [0.29, 0.717) is 11.3 Å². The molecule has 1 aliphatic rings. The van der Waals surface area contributed by atoms with Gasteiger partial charge in [0.05, 0.1) is 6.04 Å². The van der Waals surface area contributed by atoms with E-state index in [1.807, 2.05) is 18.2 Å². The molecule has 0 saturated carbocycles. The Hall–Kier alpha value is -2.13. The third-order valence-corrected chi connectivity index (χ3v) is 4.46. The van der Waals surface area contributed by atoms with Gasteiger partial charge in [0.2, 0.25) is 0 Å². The summed E-state index contributed by atoms with van der Waals surface area (Å²) in [6.45, 7) is 0. The number of nitrogens with two attached hydrogens (primary N) is 1. The lowest BCUT2D eigenvalue weighted by molar-refractivity contribution is 0.434. The zero-order valence-corrected chi connectivity index (χ0v) is 11.6. The molecule has 0 bridgehead atoms. The van der Waals surface area contributed by atoms with E-state index in [1.165, 1.54) is 17.2 Å². The molecule has 106 valence electrons. The van der Waals surface area contributed by atoms with Crippen molar-refractivity contribution in [2.45, 2.75) is 24.8 Å². The Labute approximate surface area is 122 Å². The number of para-hydroxylation sites is 1. The highest BCUT2D eigenvalue weighted by Crippen LogP contribution is 2.41. The SMILES string of the molecule is NC(c1cc2cccc(F)c2o1)C1CCc2ccccc21.